The Morgan fingerprint density at radius 1 is 1.11 bits per heavy atom. The predicted molar refractivity (Wildman–Crippen MR) is 69.4 cm³/mol. The topological polar surface area (TPSA) is 54.7 Å². The quantitative estimate of drug-likeness (QED) is 0.724. The van der Waals surface area contributed by atoms with Gasteiger partial charge in [0.25, 0.3) is 0 Å². The number of para-hydroxylation sites is 1. The average molecular weight is 241 g/mol. The van der Waals surface area contributed by atoms with Gasteiger partial charge < -0.3 is 10.7 Å². The molecule has 18 heavy (non-hydrogen) atoms. The van der Waals surface area contributed by atoms with Crippen LogP contribution in [0, 0.1) is 5.82 Å². The van der Waals surface area contributed by atoms with Gasteiger partial charge in [-0.15, -0.1) is 0 Å². The van der Waals surface area contributed by atoms with Crippen molar-refractivity contribution in [2.45, 2.75) is 6.54 Å². The molecule has 3 N–H and O–H groups in total. The van der Waals surface area contributed by atoms with Crippen LogP contribution in [0.2, 0.25) is 0 Å². The zero-order valence-electron chi connectivity index (χ0n) is 9.65. The highest BCUT2D eigenvalue weighted by Gasteiger charge is 2.10. The highest BCUT2D eigenvalue weighted by atomic mass is 19.1. The molecule has 0 spiro atoms. The molecule has 0 radical (unpaired) electrons. The lowest BCUT2D eigenvalue weighted by Crippen LogP contribution is -1.96. The molecule has 0 aliphatic heterocycles. The number of imidazole rings is 1. The van der Waals surface area contributed by atoms with Gasteiger partial charge in [-0.05, 0) is 23.8 Å². The summed E-state index contributed by atoms with van der Waals surface area (Å²) in [5.41, 5.74) is 8.76. The summed E-state index contributed by atoms with van der Waals surface area (Å²) in [5, 5.41) is 0. The van der Waals surface area contributed by atoms with E-state index in [1.165, 1.54) is 6.07 Å². The third-order valence-electron chi connectivity index (χ3n) is 2.95. The summed E-state index contributed by atoms with van der Waals surface area (Å²) in [4.78, 5) is 7.56. The third-order valence-corrected chi connectivity index (χ3v) is 2.95. The molecule has 90 valence electrons. The largest absolute Gasteiger partial charge is 0.338 e. The molecule has 4 heteroatoms. The molecule has 1 heterocycles. The number of H-pyrrole nitrogens is 1. The number of halogens is 1. The van der Waals surface area contributed by atoms with Gasteiger partial charge in [0.1, 0.15) is 11.6 Å². The lowest BCUT2D eigenvalue weighted by molar-refractivity contribution is 0.630. The first-order valence-electron chi connectivity index (χ1n) is 5.72. The molecule has 0 saturated heterocycles. The number of rotatable bonds is 2. The molecule has 0 bridgehead atoms. The highest BCUT2D eigenvalue weighted by Crippen LogP contribution is 2.24. The summed E-state index contributed by atoms with van der Waals surface area (Å²) in [6, 6.07) is 12.3. The van der Waals surface area contributed by atoms with Crippen molar-refractivity contribution >= 4 is 11.0 Å². The number of benzene rings is 2. The van der Waals surface area contributed by atoms with Crippen molar-refractivity contribution < 1.29 is 4.39 Å². The molecule has 0 atom stereocenters. The Bertz CT molecular complexity index is 703. The Hall–Kier alpha value is -2.20. The van der Waals surface area contributed by atoms with Crippen LogP contribution in [-0.2, 0) is 6.54 Å². The SMILES string of the molecule is NCc1cccc2[nH]c(-c3ccccc3F)nc12. The molecule has 0 aliphatic carbocycles. The van der Waals surface area contributed by atoms with E-state index in [9.17, 15) is 4.39 Å². The van der Waals surface area contributed by atoms with Crippen molar-refractivity contribution in [1.82, 2.24) is 9.97 Å². The Morgan fingerprint density at radius 2 is 1.94 bits per heavy atom. The number of fused-ring (bicyclic) bond motifs is 1. The molecule has 0 saturated carbocycles. The monoisotopic (exact) mass is 241 g/mol. The molecule has 1 aromatic heterocycles. The van der Waals surface area contributed by atoms with Crippen LogP contribution >= 0.6 is 0 Å². The Labute approximate surface area is 103 Å². The van der Waals surface area contributed by atoms with Gasteiger partial charge >= 0.3 is 0 Å². The molecule has 0 amide bonds. The second kappa shape index (κ2) is 4.23. The van der Waals surface area contributed by atoms with E-state index in [1.54, 1.807) is 18.2 Å². The average Bonchev–Trinajstić information content (AvgIpc) is 2.82. The molecular weight excluding hydrogens is 229 g/mol. The fourth-order valence-corrected chi connectivity index (χ4v) is 2.04. The summed E-state index contributed by atoms with van der Waals surface area (Å²) < 4.78 is 13.7. The molecule has 0 unspecified atom stereocenters. The highest BCUT2D eigenvalue weighted by molar-refractivity contribution is 5.82. The third kappa shape index (κ3) is 1.67. The Kier molecular flexibility index (Phi) is 2.57. The van der Waals surface area contributed by atoms with E-state index in [-0.39, 0.29) is 5.82 Å². The van der Waals surface area contributed by atoms with Crippen LogP contribution in [0.1, 0.15) is 5.56 Å². The molecule has 3 rings (SSSR count). The first-order valence-corrected chi connectivity index (χ1v) is 5.72. The maximum atomic E-state index is 13.7. The molecular formula is C14H12FN3. The van der Waals surface area contributed by atoms with E-state index >= 15 is 0 Å². The maximum Gasteiger partial charge on any atom is 0.141 e. The molecule has 2 aromatic carbocycles. The van der Waals surface area contributed by atoms with E-state index in [1.807, 2.05) is 18.2 Å². The lowest BCUT2D eigenvalue weighted by atomic mass is 10.2. The fraction of sp³-hybridized carbons (Fsp3) is 0.0714. The Morgan fingerprint density at radius 3 is 2.72 bits per heavy atom. The van der Waals surface area contributed by atoms with Crippen LogP contribution in [0.5, 0.6) is 0 Å². The minimum absolute atomic E-state index is 0.286. The number of aromatic amines is 1. The standard InChI is InChI=1S/C14H12FN3/c15-11-6-2-1-5-10(11)14-17-12-7-3-4-9(8-16)13(12)18-14/h1-7H,8,16H2,(H,17,18). The lowest BCUT2D eigenvalue weighted by Gasteiger charge is -1.97. The molecule has 3 nitrogen and oxygen atoms in total. The first kappa shape index (κ1) is 10.9. The van der Waals surface area contributed by atoms with Crippen molar-refractivity contribution in [3.05, 3.63) is 53.8 Å². The van der Waals surface area contributed by atoms with Crippen LogP contribution in [0.3, 0.4) is 0 Å². The minimum atomic E-state index is -0.286. The van der Waals surface area contributed by atoms with Crippen molar-refractivity contribution in [1.29, 1.82) is 0 Å². The normalized spacial score (nSPS) is 11.0. The van der Waals surface area contributed by atoms with Gasteiger partial charge in [0.05, 0.1) is 16.6 Å². The zero-order chi connectivity index (χ0) is 12.5. The van der Waals surface area contributed by atoms with Gasteiger partial charge in [-0.25, -0.2) is 9.37 Å². The number of nitrogens with two attached hydrogens (primary N) is 1. The second-order valence-electron chi connectivity index (χ2n) is 4.08. The minimum Gasteiger partial charge on any atom is -0.338 e. The number of nitrogens with one attached hydrogen (secondary N) is 1. The zero-order valence-corrected chi connectivity index (χ0v) is 9.65. The predicted octanol–water partition coefficient (Wildman–Crippen LogP) is 2.83. The maximum absolute atomic E-state index is 13.7. The fourth-order valence-electron chi connectivity index (χ4n) is 2.04. The van der Waals surface area contributed by atoms with Gasteiger partial charge in [0.15, 0.2) is 0 Å². The van der Waals surface area contributed by atoms with E-state index < -0.39 is 0 Å². The smallest absolute Gasteiger partial charge is 0.141 e. The van der Waals surface area contributed by atoms with Gasteiger partial charge in [0.2, 0.25) is 0 Å². The van der Waals surface area contributed by atoms with Crippen LogP contribution in [0.25, 0.3) is 22.4 Å². The van der Waals surface area contributed by atoms with Gasteiger partial charge in [0, 0.05) is 6.54 Å². The summed E-state index contributed by atoms with van der Waals surface area (Å²) in [5.74, 6) is 0.245. The summed E-state index contributed by atoms with van der Waals surface area (Å²) in [7, 11) is 0. The Balaban J connectivity index is 2.23. The van der Waals surface area contributed by atoms with Gasteiger partial charge in [-0.3, -0.25) is 0 Å². The van der Waals surface area contributed by atoms with Crippen molar-refractivity contribution in [3.63, 3.8) is 0 Å². The second-order valence-corrected chi connectivity index (χ2v) is 4.08. The summed E-state index contributed by atoms with van der Waals surface area (Å²) in [6.45, 7) is 0.416. The number of hydrogen-bond donors (Lipinski definition) is 2. The summed E-state index contributed by atoms with van der Waals surface area (Å²) in [6.07, 6.45) is 0. The van der Waals surface area contributed by atoms with E-state index in [0.29, 0.717) is 17.9 Å². The molecule has 3 aromatic rings. The molecule has 0 aliphatic rings. The molecule has 0 fully saturated rings. The van der Waals surface area contributed by atoms with Crippen molar-refractivity contribution in [3.8, 4) is 11.4 Å². The van der Waals surface area contributed by atoms with Crippen molar-refractivity contribution in [2.24, 2.45) is 5.73 Å². The number of hydrogen-bond acceptors (Lipinski definition) is 2. The van der Waals surface area contributed by atoms with Crippen LogP contribution in [0.4, 0.5) is 4.39 Å². The number of aromatic nitrogens is 2. The van der Waals surface area contributed by atoms with Gasteiger partial charge in [-0.1, -0.05) is 24.3 Å². The van der Waals surface area contributed by atoms with E-state index in [2.05, 4.69) is 9.97 Å². The van der Waals surface area contributed by atoms with Crippen LogP contribution in [0.15, 0.2) is 42.5 Å². The summed E-state index contributed by atoms with van der Waals surface area (Å²) >= 11 is 0. The van der Waals surface area contributed by atoms with Crippen LogP contribution < -0.4 is 5.73 Å². The van der Waals surface area contributed by atoms with E-state index in [4.69, 9.17) is 5.73 Å². The van der Waals surface area contributed by atoms with Crippen LogP contribution in [-0.4, -0.2) is 9.97 Å². The first-order chi connectivity index (χ1) is 8.79. The van der Waals surface area contributed by atoms with Gasteiger partial charge in [-0.2, -0.15) is 0 Å². The van der Waals surface area contributed by atoms with E-state index in [0.717, 1.165) is 16.6 Å². The number of nitrogens with zero attached hydrogens (tertiary/aromatic N) is 1. The van der Waals surface area contributed by atoms with Crippen molar-refractivity contribution in [2.75, 3.05) is 0 Å².